The minimum absolute atomic E-state index is 0.243. The first kappa shape index (κ1) is 15.1. The van der Waals surface area contributed by atoms with Gasteiger partial charge in [0.25, 0.3) is 0 Å². The van der Waals surface area contributed by atoms with Crippen molar-refractivity contribution in [1.82, 2.24) is 0 Å². The Morgan fingerprint density at radius 1 is 1.37 bits per heavy atom. The van der Waals surface area contributed by atoms with Gasteiger partial charge in [0, 0.05) is 35.5 Å². The fraction of sp³-hybridized carbons (Fsp3) is 0.500. The van der Waals surface area contributed by atoms with Gasteiger partial charge in [0.05, 0.1) is 6.61 Å². The smallest absolute Gasteiger partial charge is 0.219 e. The number of nitrogen functional groups attached to an aromatic ring is 1. The summed E-state index contributed by atoms with van der Waals surface area (Å²) in [4.78, 5) is 11.0. The van der Waals surface area contributed by atoms with Crippen molar-refractivity contribution in [1.29, 1.82) is 0 Å². The highest BCUT2D eigenvalue weighted by molar-refractivity contribution is 5.76. The lowest BCUT2D eigenvalue weighted by Crippen LogP contribution is -2.36. The van der Waals surface area contributed by atoms with Gasteiger partial charge in [0.2, 0.25) is 5.91 Å². The molecule has 0 aliphatic rings. The van der Waals surface area contributed by atoms with Crippen molar-refractivity contribution in [3.63, 3.8) is 0 Å². The van der Waals surface area contributed by atoms with Crippen LogP contribution in [0.15, 0.2) is 18.2 Å². The van der Waals surface area contributed by atoms with Gasteiger partial charge in [-0.15, -0.1) is 0 Å². The number of nitrogens with one attached hydrogen (secondary N) is 1. The number of rotatable bonds is 7. The van der Waals surface area contributed by atoms with Crippen molar-refractivity contribution in [3.05, 3.63) is 18.2 Å². The summed E-state index contributed by atoms with van der Waals surface area (Å²) in [5.41, 5.74) is 12.1. The van der Waals surface area contributed by atoms with E-state index in [0.717, 1.165) is 17.9 Å². The average Bonchev–Trinajstić information content (AvgIpc) is 2.22. The molecule has 5 N–H and O–H groups in total. The molecule has 106 valence electrons. The third-order valence-electron chi connectivity index (χ3n) is 2.50. The maximum Gasteiger partial charge on any atom is 0.219 e. The number of hydrogen-bond donors (Lipinski definition) is 3. The van der Waals surface area contributed by atoms with E-state index in [9.17, 15) is 4.79 Å². The molecule has 0 saturated heterocycles. The first-order valence-electron chi connectivity index (χ1n) is 6.42. The van der Waals surface area contributed by atoms with E-state index < -0.39 is 5.54 Å². The quantitative estimate of drug-likeness (QED) is 0.659. The monoisotopic (exact) mass is 265 g/mol. The molecule has 1 rings (SSSR count). The van der Waals surface area contributed by atoms with Crippen molar-refractivity contribution in [3.8, 4) is 5.75 Å². The fourth-order valence-electron chi connectivity index (χ4n) is 1.87. The van der Waals surface area contributed by atoms with Crippen molar-refractivity contribution in [2.45, 2.75) is 39.2 Å². The predicted molar refractivity (Wildman–Crippen MR) is 78.2 cm³/mol. The Bertz CT molecular complexity index is 444. The lowest BCUT2D eigenvalue weighted by molar-refractivity contribution is -0.118. The van der Waals surface area contributed by atoms with Crippen LogP contribution in [-0.2, 0) is 4.79 Å². The maximum absolute atomic E-state index is 11.0. The zero-order chi connectivity index (χ0) is 14.5. The van der Waals surface area contributed by atoms with Crippen LogP contribution in [0.5, 0.6) is 5.75 Å². The summed E-state index contributed by atoms with van der Waals surface area (Å²) in [6.45, 7) is 6.51. The summed E-state index contributed by atoms with van der Waals surface area (Å²) < 4.78 is 5.56. The molecule has 1 amide bonds. The number of benzene rings is 1. The summed E-state index contributed by atoms with van der Waals surface area (Å²) >= 11 is 0. The van der Waals surface area contributed by atoms with Crippen LogP contribution in [0.3, 0.4) is 0 Å². The number of hydrogen-bond acceptors (Lipinski definition) is 4. The summed E-state index contributed by atoms with van der Waals surface area (Å²) in [6, 6.07) is 5.46. The van der Waals surface area contributed by atoms with E-state index in [1.807, 2.05) is 32.9 Å². The molecule has 1 aromatic carbocycles. The Balaban J connectivity index is 2.82. The minimum Gasteiger partial charge on any atom is -0.493 e. The molecule has 0 spiro atoms. The standard InChI is InChI=1S/C14H23N3O2/c1-4-5-19-12-7-10(15)6-11(8-12)17-14(2,3)9-13(16)18/h6-8,17H,4-5,9,15H2,1-3H3,(H2,16,18). The van der Waals surface area contributed by atoms with Crippen LogP contribution >= 0.6 is 0 Å². The largest absolute Gasteiger partial charge is 0.493 e. The van der Waals surface area contributed by atoms with Crippen LogP contribution in [0.25, 0.3) is 0 Å². The molecule has 0 saturated carbocycles. The summed E-state index contributed by atoms with van der Waals surface area (Å²) in [5, 5.41) is 3.25. The van der Waals surface area contributed by atoms with Crippen molar-refractivity contribution >= 4 is 17.3 Å². The number of nitrogens with two attached hydrogens (primary N) is 2. The lowest BCUT2D eigenvalue weighted by atomic mass is 10.00. The summed E-state index contributed by atoms with van der Waals surface area (Å²) in [5.74, 6) is 0.378. The van der Waals surface area contributed by atoms with Gasteiger partial charge in [-0.2, -0.15) is 0 Å². The van der Waals surface area contributed by atoms with Gasteiger partial charge in [-0.25, -0.2) is 0 Å². The summed E-state index contributed by atoms with van der Waals surface area (Å²) in [6.07, 6.45) is 1.18. The maximum atomic E-state index is 11.0. The highest BCUT2D eigenvalue weighted by Crippen LogP contribution is 2.26. The minimum atomic E-state index is -0.429. The normalized spacial score (nSPS) is 11.1. The molecule has 0 aliphatic carbocycles. The zero-order valence-electron chi connectivity index (χ0n) is 11.8. The number of ether oxygens (including phenoxy) is 1. The highest BCUT2D eigenvalue weighted by Gasteiger charge is 2.20. The van der Waals surface area contributed by atoms with Gasteiger partial charge in [0.1, 0.15) is 5.75 Å². The van der Waals surface area contributed by atoms with Gasteiger partial charge >= 0.3 is 0 Å². The molecule has 0 atom stereocenters. The van der Waals surface area contributed by atoms with E-state index in [1.165, 1.54) is 0 Å². The Labute approximate surface area is 114 Å². The van der Waals surface area contributed by atoms with Gasteiger partial charge in [-0.3, -0.25) is 4.79 Å². The molecule has 0 fully saturated rings. The number of primary amides is 1. The van der Waals surface area contributed by atoms with Crippen LogP contribution in [0.4, 0.5) is 11.4 Å². The van der Waals surface area contributed by atoms with E-state index in [4.69, 9.17) is 16.2 Å². The van der Waals surface area contributed by atoms with E-state index in [2.05, 4.69) is 5.32 Å². The Kier molecular flexibility index (Phi) is 5.03. The second kappa shape index (κ2) is 6.31. The second-order valence-corrected chi connectivity index (χ2v) is 5.29. The number of carbonyl (C=O) groups excluding carboxylic acids is 1. The van der Waals surface area contributed by atoms with Gasteiger partial charge in [0.15, 0.2) is 0 Å². The van der Waals surface area contributed by atoms with Gasteiger partial charge < -0.3 is 21.5 Å². The Hall–Kier alpha value is -1.91. The molecule has 0 aliphatic heterocycles. The molecule has 5 nitrogen and oxygen atoms in total. The predicted octanol–water partition coefficient (Wildman–Crippen LogP) is 2.12. The van der Waals surface area contributed by atoms with E-state index in [0.29, 0.717) is 12.3 Å². The Morgan fingerprint density at radius 2 is 2.05 bits per heavy atom. The molecule has 0 bridgehead atoms. The molecule has 0 aromatic heterocycles. The van der Waals surface area contributed by atoms with Crippen LogP contribution in [0.2, 0.25) is 0 Å². The fourth-order valence-corrected chi connectivity index (χ4v) is 1.87. The second-order valence-electron chi connectivity index (χ2n) is 5.29. The third kappa shape index (κ3) is 5.50. The SMILES string of the molecule is CCCOc1cc(N)cc(NC(C)(C)CC(N)=O)c1. The molecule has 0 unspecified atom stereocenters. The lowest BCUT2D eigenvalue weighted by Gasteiger charge is -2.26. The van der Waals surface area contributed by atoms with Crippen LogP contribution in [0, 0.1) is 0 Å². The molecule has 0 heterocycles. The number of anilines is 2. The van der Waals surface area contributed by atoms with Crippen LogP contribution < -0.4 is 21.5 Å². The zero-order valence-corrected chi connectivity index (χ0v) is 11.8. The van der Waals surface area contributed by atoms with E-state index >= 15 is 0 Å². The molecule has 0 radical (unpaired) electrons. The molecule has 19 heavy (non-hydrogen) atoms. The van der Waals surface area contributed by atoms with E-state index in [1.54, 1.807) is 6.07 Å². The molecule has 5 heteroatoms. The number of amides is 1. The van der Waals surface area contributed by atoms with Crippen molar-refractivity contribution in [2.75, 3.05) is 17.7 Å². The average molecular weight is 265 g/mol. The van der Waals surface area contributed by atoms with E-state index in [-0.39, 0.29) is 12.3 Å². The first-order chi connectivity index (χ1) is 8.82. The van der Waals surface area contributed by atoms with Crippen LogP contribution in [0.1, 0.15) is 33.6 Å². The molecular weight excluding hydrogens is 242 g/mol. The van der Waals surface area contributed by atoms with Crippen molar-refractivity contribution < 1.29 is 9.53 Å². The topological polar surface area (TPSA) is 90.4 Å². The van der Waals surface area contributed by atoms with Gasteiger partial charge in [-0.1, -0.05) is 6.92 Å². The van der Waals surface area contributed by atoms with Crippen LogP contribution in [-0.4, -0.2) is 18.1 Å². The first-order valence-corrected chi connectivity index (χ1v) is 6.42. The third-order valence-corrected chi connectivity index (χ3v) is 2.50. The molecular formula is C14H23N3O2. The van der Waals surface area contributed by atoms with Gasteiger partial charge in [-0.05, 0) is 26.3 Å². The Morgan fingerprint density at radius 3 is 2.63 bits per heavy atom. The summed E-state index contributed by atoms with van der Waals surface area (Å²) in [7, 11) is 0. The highest BCUT2D eigenvalue weighted by atomic mass is 16.5. The molecule has 1 aromatic rings. The van der Waals surface area contributed by atoms with Crippen molar-refractivity contribution in [2.24, 2.45) is 5.73 Å². The number of carbonyl (C=O) groups is 1.